The minimum absolute atomic E-state index is 0.238. The number of benzene rings is 2. The van der Waals surface area contributed by atoms with Gasteiger partial charge in [0.1, 0.15) is 0 Å². The van der Waals surface area contributed by atoms with Gasteiger partial charge in [-0.3, -0.25) is 0 Å². The monoisotopic (exact) mass is 351 g/mol. The summed E-state index contributed by atoms with van der Waals surface area (Å²) in [5.74, 6) is 0. The zero-order chi connectivity index (χ0) is 14.5. The summed E-state index contributed by atoms with van der Waals surface area (Å²) < 4.78 is 1.01. The first-order chi connectivity index (χ1) is 9.61. The molecule has 1 atom stereocenters. The average molecular weight is 353 g/mol. The van der Waals surface area contributed by atoms with Gasteiger partial charge in [-0.25, -0.2) is 0 Å². The van der Waals surface area contributed by atoms with Crippen molar-refractivity contribution in [3.8, 4) is 0 Å². The highest BCUT2D eigenvalue weighted by Gasteiger charge is 2.15. The fraction of sp³-hybridized carbons (Fsp3) is 0.294. The Balaban J connectivity index is 2.29. The molecule has 0 radical (unpaired) electrons. The van der Waals surface area contributed by atoms with Crippen molar-refractivity contribution >= 4 is 27.5 Å². The number of nitrogens with one attached hydrogen (secondary N) is 1. The molecule has 0 amide bonds. The predicted octanol–water partition coefficient (Wildman–Crippen LogP) is 5.30. The SMILES string of the molecule is CCNC(Cc1ccccc1C)c1ccc(Br)cc1Cl. The van der Waals surface area contributed by atoms with E-state index in [1.54, 1.807) is 0 Å². The lowest BCUT2D eigenvalue weighted by Crippen LogP contribution is -2.23. The minimum Gasteiger partial charge on any atom is -0.310 e. The molecule has 2 aromatic rings. The molecular weight excluding hydrogens is 334 g/mol. The van der Waals surface area contributed by atoms with Crippen LogP contribution in [-0.4, -0.2) is 6.54 Å². The number of hydrogen-bond acceptors (Lipinski definition) is 1. The first-order valence-electron chi connectivity index (χ1n) is 6.84. The van der Waals surface area contributed by atoms with E-state index in [2.05, 4.69) is 65.4 Å². The van der Waals surface area contributed by atoms with Gasteiger partial charge in [0.25, 0.3) is 0 Å². The van der Waals surface area contributed by atoms with Gasteiger partial charge in [0, 0.05) is 15.5 Å². The number of halogens is 2. The van der Waals surface area contributed by atoms with Crippen molar-refractivity contribution in [1.82, 2.24) is 5.32 Å². The highest BCUT2D eigenvalue weighted by atomic mass is 79.9. The third kappa shape index (κ3) is 3.85. The van der Waals surface area contributed by atoms with Gasteiger partial charge in [0.15, 0.2) is 0 Å². The first-order valence-corrected chi connectivity index (χ1v) is 8.01. The van der Waals surface area contributed by atoms with E-state index in [0.29, 0.717) is 0 Å². The van der Waals surface area contributed by atoms with E-state index in [-0.39, 0.29) is 6.04 Å². The summed E-state index contributed by atoms with van der Waals surface area (Å²) >= 11 is 9.85. The normalized spacial score (nSPS) is 12.4. The third-order valence-electron chi connectivity index (χ3n) is 3.47. The topological polar surface area (TPSA) is 12.0 Å². The zero-order valence-electron chi connectivity index (χ0n) is 11.8. The number of rotatable bonds is 5. The molecule has 0 aliphatic heterocycles. The van der Waals surface area contributed by atoms with Crippen molar-refractivity contribution in [3.05, 3.63) is 68.7 Å². The third-order valence-corrected chi connectivity index (χ3v) is 4.29. The summed E-state index contributed by atoms with van der Waals surface area (Å²) in [6, 6.07) is 14.8. The van der Waals surface area contributed by atoms with Gasteiger partial charge in [-0.15, -0.1) is 0 Å². The summed E-state index contributed by atoms with van der Waals surface area (Å²) in [5.41, 5.74) is 3.83. The van der Waals surface area contributed by atoms with Crippen LogP contribution in [0.15, 0.2) is 46.9 Å². The predicted molar refractivity (Wildman–Crippen MR) is 90.5 cm³/mol. The molecule has 0 bridgehead atoms. The largest absolute Gasteiger partial charge is 0.310 e. The fourth-order valence-electron chi connectivity index (χ4n) is 2.38. The highest BCUT2D eigenvalue weighted by Crippen LogP contribution is 2.29. The molecule has 1 nitrogen and oxygen atoms in total. The van der Waals surface area contributed by atoms with Crippen molar-refractivity contribution in [2.24, 2.45) is 0 Å². The molecule has 2 rings (SSSR count). The molecule has 20 heavy (non-hydrogen) atoms. The van der Waals surface area contributed by atoms with Gasteiger partial charge >= 0.3 is 0 Å². The maximum atomic E-state index is 6.40. The molecule has 0 heterocycles. The molecule has 106 valence electrons. The van der Waals surface area contributed by atoms with E-state index in [9.17, 15) is 0 Å². The molecule has 0 saturated heterocycles. The molecule has 1 N–H and O–H groups in total. The Labute approximate surface area is 134 Å². The quantitative estimate of drug-likeness (QED) is 0.769. The van der Waals surface area contributed by atoms with Crippen molar-refractivity contribution in [1.29, 1.82) is 0 Å². The van der Waals surface area contributed by atoms with E-state index >= 15 is 0 Å². The fourth-order valence-corrected chi connectivity index (χ4v) is 3.19. The Bertz CT molecular complexity index is 583. The Hall–Kier alpha value is -0.830. The summed E-state index contributed by atoms with van der Waals surface area (Å²) in [5, 5.41) is 4.34. The molecule has 0 aliphatic rings. The van der Waals surface area contributed by atoms with E-state index < -0.39 is 0 Å². The molecule has 0 aromatic heterocycles. The Kier molecular flexibility index (Phi) is 5.64. The van der Waals surface area contributed by atoms with Crippen molar-refractivity contribution in [2.45, 2.75) is 26.3 Å². The second-order valence-corrected chi connectivity index (χ2v) is 6.23. The summed E-state index contributed by atoms with van der Waals surface area (Å²) in [4.78, 5) is 0. The maximum Gasteiger partial charge on any atom is 0.0465 e. The van der Waals surface area contributed by atoms with Gasteiger partial charge in [-0.05, 0) is 48.7 Å². The molecule has 0 spiro atoms. The van der Waals surface area contributed by atoms with E-state index in [4.69, 9.17) is 11.6 Å². The smallest absolute Gasteiger partial charge is 0.0465 e. The maximum absolute atomic E-state index is 6.40. The molecular formula is C17H19BrClN. The highest BCUT2D eigenvalue weighted by molar-refractivity contribution is 9.10. The Morgan fingerprint density at radius 2 is 1.95 bits per heavy atom. The van der Waals surface area contributed by atoms with Crippen molar-refractivity contribution in [2.75, 3.05) is 6.54 Å². The van der Waals surface area contributed by atoms with Gasteiger partial charge in [0.05, 0.1) is 0 Å². The van der Waals surface area contributed by atoms with Crippen LogP contribution in [-0.2, 0) is 6.42 Å². The van der Waals surface area contributed by atoms with Crippen LogP contribution in [0.5, 0.6) is 0 Å². The van der Waals surface area contributed by atoms with Crippen LogP contribution in [0.3, 0.4) is 0 Å². The molecule has 0 fully saturated rings. The zero-order valence-corrected chi connectivity index (χ0v) is 14.1. The van der Waals surface area contributed by atoms with E-state index in [1.807, 2.05) is 12.1 Å². The number of hydrogen-bond donors (Lipinski definition) is 1. The standard InChI is InChI=1S/C17H19BrClN/c1-3-20-17(10-13-7-5-4-6-12(13)2)15-9-8-14(18)11-16(15)19/h4-9,11,17,20H,3,10H2,1-2H3. The van der Waals surface area contributed by atoms with Gasteiger partial charge in [-0.2, -0.15) is 0 Å². The first kappa shape index (κ1) is 15.6. The summed E-state index contributed by atoms with van der Waals surface area (Å²) in [6.45, 7) is 5.20. The minimum atomic E-state index is 0.238. The average Bonchev–Trinajstić information content (AvgIpc) is 2.41. The lowest BCUT2D eigenvalue weighted by molar-refractivity contribution is 0.549. The van der Waals surface area contributed by atoms with E-state index in [0.717, 1.165) is 28.0 Å². The van der Waals surface area contributed by atoms with Crippen LogP contribution in [0, 0.1) is 6.92 Å². The molecule has 3 heteroatoms. The van der Waals surface area contributed by atoms with Crippen molar-refractivity contribution < 1.29 is 0 Å². The van der Waals surface area contributed by atoms with E-state index in [1.165, 1.54) is 11.1 Å². The van der Waals surface area contributed by atoms with Gasteiger partial charge in [0.2, 0.25) is 0 Å². The van der Waals surface area contributed by atoms with Crippen LogP contribution in [0.25, 0.3) is 0 Å². The van der Waals surface area contributed by atoms with Crippen LogP contribution in [0.2, 0.25) is 5.02 Å². The molecule has 2 aromatic carbocycles. The summed E-state index contributed by atoms with van der Waals surface area (Å²) in [7, 11) is 0. The van der Waals surface area contributed by atoms with Crippen molar-refractivity contribution in [3.63, 3.8) is 0 Å². The van der Waals surface area contributed by atoms with Crippen LogP contribution >= 0.6 is 27.5 Å². The second-order valence-electron chi connectivity index (χ2n) is 4.91. The number of likely N-dealkylation sites (N-methyl/N-ethyl adjacent to an activating group) is 1. The second kappa shape index (κ2) is 7.26. The molecule has 0 aliphatic carbocycles. The van der Waals surface area contributed by atoms with Gasteiger partial charge in [-0.1, -0.05) is 64.8 Å². The van der Waals surface area contributed by atoms with Crippen LogP contribution in [0.1, 0.15) is 29.7 Å². The summed E-state index contributed by atoms with van der Waals surface area (Å²) in [6.07, 6.45) is 0.946. The molecule has 1 unspecified atom stereocenters. The lowest BCUT2D eigenvalue weighted by atomic mass is 9.96. The Morgan fingerprint density at radius 1 is 1.20 bits per heavy atom. The molecule has 0 saturated carbocycles. The Morgan fingerprint density at radius 3 is 2.60 bits per heavy atom. The lowest BCUT2D eigenvalue weighted by Gasteiger charge is -2.21. The van der Waals surface area contributed by atoms with Gasteiger partial charge < -0.3 is 5.32 Å². The number of aryl methyl sites for hydroxylation is 1. The van der Waals surface area contributed by atoms with Crippen LogP contribution in [0.4, 0.5) is 0 Å². The van der Waals surface area contributed by atoms with Crippen LogP contribution < -0.4 is 5.32 Å².